The van der Waals surface area contributed by atoms with Gasteiger partial charge in [-0.15, -0.1) is 0 Å². The molecule has 0 N–H and O–H groups in total. The van der Waals surface area contributed by atoms with Crippen LogP contribution in [0, 0.1) is 0 Å². The maximum atomic E-state index is 2.43. The van der Waals surface area contributed by atoms with Gasteiger partial charge < -0.3 is 0 Å². The van der Waals surface area contributed by atoms with E-state index in [0.29, 0.717) is 0 Å². The Kier molecular flexibility index (Phi) is 7.88. The predicted octanol–water partition coefficient (Wildman–Crippen LogP) is 6.50. The molecule has 0 spiro atoms. The summed E-state index contributed by atoms with van der Waals surface area (Å²) in [7, 11) is 0. The van der Waals surface area contributed by atoms with E-state index in [0.717, 1.165) is 0 Å². The molecule has 0 heterocycles. The fourth-order valence-electron chi connectivity index (χ4n) is 3.99. The third-order valence-electron chi connectivity index (χ3n) is 5.60. The molecule has 0 fully saturated rings. The minimum atomic E-state index is -1.89. The maximum absolute atomic E-state index is 2.43. The first-order chi connectivity index (χ1) is 12.9. The van der Waals surface area contributed by atoms with Gasteiger partial charge in [0.15, 0.2) is 0 Å². The molecule has 2 heteroatoms. The van der Waals surface area contributed by atoms with E-state index in [2.05, 4.69) is 119 Å². The first-order valence-electron chi connectivity index (χ1n) is 9.90. The Morgan fingerprint density at radius 1 is 0.536 bits per heavy atom. The molecule has 0 aliphatic heterocycles. The van der Waals surface area contributed by atoms with Crippen LogP contribution in [-0.4, -0.2) is 19.8 Å². The fourth-order valence-corrected chi connectivity index (χ4v) is 14.7. The zero-order valence-corrected chi connectivity index (χ0v) is 20.3. The smallest absolute Gasteiger partial charge is 0.269 e. The largest absolute Gasteiger partial charge is 0.269 e. The second-order valence-electron chi connectivity index (χ2n) is 8.82. The van der Waals surface area contributed by atoms with Gasteiger partial charge in [0.05, 0.1) is 0 Å². The predicted molar refractivity (Wildman–Crippen MR) is 123 cm³/mol. The number of halogens is 1. The van der Waals surface area contributed by atoms with E-state index in [1.165, 1.54) is 20.0 Å². The van der Waals surface area contributed by atoms with E-state index in [4.69, 9.17) is 0 Å². The molecule has 0 atom stereocenters. The Labute approximate surface area is 177 Å². The molecule has 28 heavy (non-hydrogen) atoms. The molecule has 0 bridgehead atoms. The Morgan fingerprint density at radius 2 is 0.857 bits per heavy atom. The van der Waals surface area contributed by atoms with Crippen LogP contribution in [0.15, 0.2) is 91.0 Å². The maximum Gasteiger partial charge on any atom is -0.269 e. The van der Waals surface area contributed by atoms with Crippen LogP contribution >= 0.6 is 0 Å². The molecule has 0 unspecified atom stereocenters. The van der Waals surface area contributed by atoms with Gasteiger partial charge >= 0.3 is 173 Å². The van der Waals surface area contributed by atoms with Crippen LogP contribution in [0.5, 0.6) is 0 Å². The molecule has 3 aromatic rings. The van der Waals surface area contributed by atoms with E-state index in [9.17, 15) is 0 Å². The first-order valence-corrected chi connectivity index (χ1v) is 15.4. The van der Waals surface area contributed by atoms with Gasteiger partial charge in [0.25, 0.3) is 0 Å². The molecule has 0 saturated carbocycles. The van der Waals surface area contributed by atoms with E-state index in [1.807, 2.05) is 0 Å². The second-order valence-corrected chi connectivity index (χ2v) is 15.9. The molecule has 0 aliphatic carbocycles. The fraction of sp³-hybridized carbons (Fsp3) is 0.308. The summed E-state index contributed by atoms with van der Waals surface area (Å²) in [6, 6.07) is 33.5. The van der Waals surface area contributed by atoms with E-state index in [1.54, 1.807) is 3.58 Å². The van der Waals surface area contributed by atoms with Crippen LogP contribution < -0.4 is 3.58 Å². The Morgan fingerprint density at radius 3 is 1.21 bits per heavy atom. The molecule has 0 aliphatic rings. The summed E-state index contributed by atoms with van der Waals surface area (Å²) in [4.78, 5) is 0. The van der Waals surface area contributed by atoms with Crippen molar-refractivity contribution in [2.45, 2.75) is 47.4 Å². The van der Waals surface area contributed by atoms with Crippen molar-refractivity contribution in [1.82, 2.24) is 0 Å². The topological polar surface area (TPSA) is 0 Å². The third kappa shape index (κ3) is 5.70. The average molecular weight is 482 g/mol. The molecule has 3 aromatic carbocycles. The number of hydrogen-bond donors (Lipinski definition) is 0. The van der Waals surface area contributed by atoms with Gasteiger partial charge in [-0.2, -0.15) is 0 Å². The first kappa shape index (κ1) is 22.7. The van der Waals surface area contributed by atoms with Crippen molar-refractivity contribution in [2.24, 2.45) is 0 Å². The quantitative estimate of drug-likeness (QED) is 0.338. The zero-order chi connectivity index (χ0) is 19.3. The summed E-state index contributed by atoms with van der Waals surface area (Å²) >= 11 is -1.89. The number of rotatable bonds is 7. The van der Waals surface area contributed by atoms with Crippen molar-refractivity contribution in [3.8, 4) is 0 Å². The summed E-state index contributed by atoms with van der Waals surface area (Å²) in [5.74, 6) is 0. The molecular formula is C26H32FSn. The summed E-state index contributed by atoms with van der Waals surface area (Å²) in [6.45, 7) is 9.73. The molecule has 0 aromatic heterocycles. The van der Waals surface area contributed by atoms with Crippen LogP contribution in [-0.2, 0) is 10.8 Å². The molecule has 0 amide bonds. The zero-order valence-electron chi connectivity index (χ0n) is 17.5. The number of benzene rings is 3. The molecule has 0 saturated heterocycles. The Hall–Kier alpha value is -1.61. The third-order valence-corrected chi connectivity index (χ3v) is 16.4. The van der Waals surface area contributed by atoms with Gasteiger partial charge in [0.1, 0.15) is 0 Å². The summed E-state index contributed by atoms with van der Waals surface area (Å²) in [5.41, 5.74) is 3.38. The van der Waals surface area contributed by atoms with Crippen molar-refractivity contribution in [3.63, 3.8) is 0 Å². The Balaban J connectivity index is 0.00000280. The van der Waals surface area contributed by atoms with Crippen molar-refractivity contribution < 1.29 is 4.70 Å². The van der Waals surface area contributed by atoms with Crippen LogP contribution in [0.25, 0.3) is 0 Å². The molecular weight excluding hydrogens is 450 g/mol. The van der Waals surface area contributed by atoms with Gasteiger partial charge in [-0.3, -0.25) is 4.70 Å². The van der Waals surface area contributed by atoms with Gasteiger partial charge in [0, 0.05) is 0 Å². The summed E-state index contributed by atoms with van der Waals surface area (Å²) in [6.07, 6.45) is 0. The SMILES string of the molecule is CC(C)([CH2][Sn]([CH2]C(C)(C)c1ccccc1)[c]1ccccc1)c1ccccc1.F. The van der Waals surface area contributed by atoms with Gasteiger partial charge in [-0.25, -0.2) is 0 Å². The summed E-state index contributed by atoms with van der Waals surface area (Å²) in [5, 5.41) is 0. The van der Waals surface area contributed by atoms with E-state index < -0.39 is 19.8 Å². The van der Waals surface area contributed by atoms with E-state index in [-0.39, 0.29) is 15.5 Å². The minimum absolute atomic E-state index is 0. The van der Waals surface area contributed by atoms with Crippen LogP contribution in [0.2, 0.25) is 8.87 Å². The van der Waals surface area contributed by atoms with Crippen LogP contribution in [0.3, 0.4) is 0 Å². The van der Waals surface area contributed by atoms with Crippen molar-refractivity contribution in [2.75, 3.05) is 0 Å². The van der Waals surface area contributed by atoms with Gasteiger partial charge in [-0.05, 0) is 0 Å². The molecule has 1 radical (unpaired) electrons. The Bertz CT molecular complexity index is 773. The van der Waals surface area contributed by atoms with Crippen molar-refractivity contribution in [1.29, 1.82) is 0 Å². The molecule has 3 rings (SSSR count). The van der Waals surface area contributed by atoms with Crippen molar-refractivity contribution in [3.05, 3.63) is 102 Å². The second kappa shape index (κ2) is 9.73. The van der Waals surface area contributed by atoms with Crippen molar-refractivity contribution >= 4 is 23.3 Å². The monoisotopic (exact) mass is 483 g/mol. The number of hydrogen-bond acceptors (Lipinski definition) is 0. The molecule has 147 valence electrons. The standard InChI is InChI=1S/2C10H13.C6H5.FH.Sn/c2*1-10(2,3)9-7-5-4-6-8-9;1-2-4-6-5-3-1;;/h2*4-8H,1H2,2-3H3;1-5H;1H;. The van der Waals surface area contributed by atoms with Gasteiger partial charge in [-0.1, -0.05) is 0 Å². The molecule has 0 nitrogen and oxygen atoms in total. The van der Waals surface area contributed by atoms with Gasteiger partial charge in [0.2, 0.25) is 0 Å². The average Bonchev–Trinajstić information content (AvgIpc) is 2.69. The normalized spacial score (nSPS) is 11.9. The summed E-state index contributed by atoms with van der Waals surface area (Å²) < 4.78 is 4.31. The van der Waals surface area contributed by atoms with Crippen LogP contribution in [0.1, 0.15) is 38.8 Å². The van der Waals surface area contributed by atoms with Crippen LogP contribution in [0.4, 0.5) is 4.70 Å². The minimum Gasteiger partial charge on any atom is -0.269 e. The van der Waals surface area contributed by atoms with E-state index >= 15 is 0 Å².